The van der Waals surface area contributed by atoms with Gasteiger partial charge in [-0.2, -0.15) is 0 Å². The number of likely N-dealkylation sites (tertiary alicyclic amines) is 1. The number of carbonyl (C=O) groups excluding carboxylic acids is 1. The third-order valence-corrected chi connectivity index (χ3v) is 4.42. The zero-order chi connectivity index (χ0) is 19.5. The molecule has 0 saturated carbocycles. The summed E-state index contributed by atoms with van der Waals surface area (Å²) in [5, 5.41) is 6.03. The van der Waals surface area contributed by atoms with E-state index in [2.05, 4.69) is 25.3 Å². The Labute approximate surface area is 160 Å². The van der Waals surface area contributed by atoms with Gasteiger partial charge in [0.2, 0.25) is 0 Å². The summed E-state index contributed by atoms with van der Waals surface area (Å²) in [5.74, 6) is 1.41. The van der Waals surface area contributed by atoms with Crippen molar-refractivity contribution in [3.63, 3.8) is 0 Å². The standard InChI is InChI=1S/C19H30N4O4/c1-20-18(23-9-8-16(13-23)14-27-11-10-25-2)21-12-15-4-6-17(7-5-15)22-19(24)26-3/h4-7,16H,8-14H2,1-3H3,(H,20,21)(H,22,24). The van der Waals surface area contributed by atoms with E-state index in [1.807, 2.05) is 24.3 Å². The number of amides is 1. The Bertz CT molecular complexity index is 606. The number of nitrogens with one attached hydrogen (secondary N) is 2. The molecule has 0 aliphatic carbocycles. The topological polar surface area (TPSA) is 84.4 Å². The second-order valence-corrected chi connectivity index (χ2v) is 6.38. The fraction of sp³-hybridized carbons (Fsp3) is 0.579. The van der Waals surface area contributed by atoms with Crippen LogP contribution in [0.3, 0.4) is 0 Å². The highest BCUT2D eigenvalue weighted by Gasteiger charge is 2.24. The molecule has 0 spiro atoms. The van der Waals surface area contributed by atoms with Crippen molar-refractivity contribution < 1.29 is 19.0 Å². The van der Waals surface area contributed by atoms with Gasteiger partial charge in [0.05, 0.1) is 26.9 Å². The molecule has 8 nitrogen and oxygen atoms in total. The molecule has 8 heteroatoms. The van der Waals surface area contributed by atoms with Crippen LogP contribution in [0.1, 0.15) is 12.0 Å². The lowest BCUT2D eigenvalue weighted by molar-refractivity contribution is 0.0536. The fourth-order valence-corrected chi connectivity index (χ4v) is 2.94. The molecular weight excluding hydrogens is 348 g/mol. The van der Waals surface area contributed by atoms with Gasteiger partial charge in [0.15, 0.2) is 5.96 Å². The second-order valence-electron chi connectivity index (χ2n) is 6.38. The molecule has 1 atom stereocenters. The van der Waals surface area contributed by atoms with Crippen molar-refractivity contribution in [1.29, 1.82) is 0 Å². The van der Waals surface area contributed by atoms with E-state index < -0.39 is 6.09 Å². The summed E-state index contributed by atoms with van der Waals surface area (Å²) in [6, 6.07) is 7.61. The largest absolute Gasteiger partial charge is 0.453 e. The third-order valence-electron chi connectivity index (χ3n) is 4.42. The number of hydrogen-bond acceptors (Lipinski definition) is 5. The van der Waals surface area contributed by atoms with Gasteiger partial charge in [-0.05, 0) is 24.1 Å². The number of benzene rings is 1. The van der Waals surface area contributed by atoms with Crippen molar-refractivity contribution in [3.05, 3.63) is 29.8 Å². The zero-order valence-corrected chi connectivity index (χ0v) is 16.4. The Morgan fingerprint density at radius 2 is 2.04 bits per heavy atom. The molecule has 0 aromatic heterocycles. The Kier molecular flexibility index (Phi) is 8.86. The molecule has 150 valence electrons. The smallest absolute Gasteiger partial charge is 0.411 e. The number of ether oxygens (including phenoxy) is 3. The molecular formula is C19H30N4O4. The first-order valence-corrected chi connectivity index (χ1v) is 9.12. The first kappa shape index (κ1) is 21.0. The molecule has 2 N–H and O–H groups in total. The molecule has 1 aromatic carbocycles. The maximum Gasteiger partial charge on any atom is 0.411 e. The van der Waals surface area contributed by atoms with Gasteiger partial charge in [-0.25, -0.2) is 4.79 Å². The molecule has 1 fully saturated rings. The van der Waals surface area contributed by atoms with Gasteiger partial charge in [0.1, 0.15) is 0 Å². The highest BCUT2D eigenvalue weighted by molar-refractivity contribution is 5.84. The van der Waals surface area contributed by atoms with Gasteiger partial charge in [0, 0.05) is 45.4 Å². The molecule has 1 aromatic rings. The Balaban J connectivity index is 1.76. The fourth-order valence-electron chi connectivity index (χ4n) is 2.94. The molecule has 1 amide bonds. The summed E-state index contributed by atoms with van der Waals surface area (Å²) in [7, 11) is 4.82. The summed E-state index contributed by atoms with van der Waals surface area (Å²) < 4.78 is 15.2. The predicted molar refractivity (Wildman–Crippen MR) is 105 cm³/mol. The molecule has 1 aliphatic heterocycles. The van der Waals surface area contributed by atoms with E-state index in [0.29, 0.717) is 31.4 Å². The number of rotatable bonds is 8. The summed E-state index contributed by atoms with van der Waals surface area (Å²) >= 11 is 0. The van der Waals surface area contributed by atoms with Gasteiger partial charge in [-0.15, -0.1) is 0 Å². The summed E-state index contributed by atoms with van der Waals surface area (Å²) in [4.78, 5) is 17.9. The van der Waals surface area contributed by atoms with Crippen LogP contribution in [0.2, 0.25) is 0 Å². The normalized spacial score (nSPS) is 17.1. The van der Waals surface area contributed by atoms with E-state index in [4.69, 9.17) is 9.47 Å². The van der Waals surface area contributed by atoms with Crippen LogP contribution >= 0.6 is 0 Å². The van der Waals surface area contributed by atoms with Crippen molar-refractivity contribution in [2.24, 2.45) is 10.9 Å². The number of hydrogen-bond donors (Lipinski definition) is 2. The molecule has 1 aliphatic rings. The molecule has 2 rings (SSSR count). The number of methoxy groups -OCH3 is 2. The van der Waals surface area contributed by atoms with Crippen molar-refractivity contribution in [3.8, 4) is 0 Å². The Morgan fingerprint density at radius 3 is 2.70 bits per heavy atom. The number of guanidine groups is 1. The number of carbonyl (C=O) groups is 1. The Morgan fingerprint density at radius 1 is 1.26 bits per heavy atom. The Hall–Kier alpha value is -2.32. The van der Waals surface area contributed by atoms with Crippen molar-refractivity contribution in [2.75, 3.05) is 59.5 Å². The summed E-state index contributed by atoms with van der Waals surface area (Å²) in [6.45, 7) is 4.60. The molecule has 1 unspecified atom stereocenters. The van der Waals surface area contributed by atoms with E-state index in [-0.39, 0.29) is 0 Å². The first-order valence-electron chi connectivity index (χ1n) is 9.12. The van der Waals surface area contributed by atoms with E-state index in [1.54, 1.807) is 14.2 Å². The van der Waals surface area contributed by atoms with Crippen LogP contribution in [-0.2, 0) is 20.8 Å². The summed E-state index contributed by atoms with van der Waals surface area (Å²) in [5.41, 5.74) is 1.80. The minimum absolute atomic E-state index is 0.476. The van der Waals surface area contributed by atoms with Crippen LogP contribution in [0.5, 0.6) is 0 Å². The van der Waals surface area contributed by atoms with Crippen LogP contribution in [0, 0.1) is 5.92 Å². The van der Waals surface area contributed by atoms with Gasteiger partial charge >= 0.3 is 6.09 Å². The van der Waals surface area contributed by atoms with Crippen LogP contribution in [0.15, 0.2) is 29.3 Å². The molecule has 1 saturated heterocycles. The monoisotopic (exact) mass is 378 g/mol. The highest BCUT2D eigenvalue weighted by atomic mass is 16.5. The van der Waals surface area contributed by atoms with Crippen LogP contribution in [0.25, 0.3) is 0 Å². The minimum atomic E-state index is -0.476. The summed E-state index contributed by atoms with van der Waals surface area (Å²) in [6.07, 6.45) is 0.623. The van der Waals surface area contributed by atoms with Crippen molar-refractivity contribution >= 4 is 17.7 Å². The van der Waals surface area contributed by atoms with Gasteiger partial charge in [0.25, 0.3) is 0 Å². The number of nitrogens with zero attached hydrogens (tertiary/aromatic N) is 2. The average Bonchev–Trinajstić information content (AvgIpc) is 3.15. The van der Waals surface area contributed by atoms with E-state index in [0.717, 1.165) is 37.6 Å². The minimum Gasteiger partial charge on any atom is -0.453 e. The van der Waals surface area contributed by atoms with E-state index >= 15 is 0 Å². The maximum atomic E-state index is 11.2. The maximum absolute atomic E-state index is 11.2. The quantitative estimate of drug-likeness (QED) is 0.408. The lowest BCUT2D eigenvalue weighted by Gasteiger charge is -2.22. The SMILES string of the molecule is CN=C(NCc1ccc(NC(=O)OC)cc1)N1CCC(COCCOC)C1. The molecule has 0 bridgehead atoms. The molecule has 1 heterocycles. The lowest BCUT2D eigenvalue weighted by atomic mass is 10.1. The predicted octanol–water partition coefficient (Wildman–Crippen LogP) is 1.93. The lowest BCUT2D eigenvalue weighted by Crippen LogP contribution is -2.39. The van der Waals surface area contributed by atoms with Gasteiger partial charge in [-0.3, -0.25) is 10.3 Å². The highest BCUT2D eigenvalue weighted by Crippen LogP contribution is 2.17. The van der Waals surface area contributed by atoms with Crippen molar-refractivity contribution in [2.45, 2.75) is 13.0 Å². The second kappa shape index (κ2) is 11.4. The first-order chi connectivity index (χ1) is 13.2. The zero-order valence-electron chi connectivity index (χ0n) is 16.4. The molecule has 27 heavy (non-hydrogen) atoms. The van der Waals surface area contributed by atoms with Crippen LogP contribution in [-0.4, -0.2) is 71.1 Å². The number of anilines is 1. The molecule has 0 radical (unpaired) electrons. The third kappa shape index (κ3) is 7.07. The van der Waals surface area contributed by atoms with Crippen LogP contribution < -0.4 is 10.6 Å². The van der Waals surface area contributed by atoms with E-state index in [9.17, 15) is 4.79 Å². The number of aliphatic imine (C=N–C) groups is 1. The van der Waals surface area contributed by atoms with Gasteiger partial charge in [-0.1, -0.05) is 12.1 Å². The van der Waals surface area contributed by atoms with Crippen LogP contribution in [0.4, 0.5) is 10.5 Å². The van der Waals surface area contributed by atoms with Gasteiger partial charge < -0.3 is 24.4 Å². The van der Waals surface area contributed by atoms with Crippen molar-refractivity contribution in [1.82, 2.24) is 10.2 Å². The average molecular weight is 378 g/mol. The van der Waals surface area contributed by atoms with E-state index in [1.165, 1.54) is 7.11 Å².